The number of hydrogen-bond acceptors (Lipinski definition) is 1. The molecular formula is C10H22OSr. The molecule has 0 saturated carbocycles. The summed E-state index contributed by atoms with van der Waals surface area (Å²) in [6.07, 6.45) is 7.68. The largest absolute Gasteiger partial charge is 0.381 e. The second-order valence-corrected chi connectivity index (χ2v) is 3.03. The van der Waals surface area contributed by atoms with Crippen LogP contribution in [0.2, 0.25) is 0 Å². The van der Waals surface area contributed by atoms with Gasteiger partial charge in [0.15, 0.2) is 0 Å². The van der Waals surface area contributed by atoms with Crippen molar-refractivity contribution in [1.29, 1.82) is 0 Å². The van der Waals surface area contributed by atoms with Gasteiger partial charge in [-0.05, 0) is 12.8 Å². The average molecular weight is 246 g/mol. The van der Waals surface area contributed by atoms with Gasteiger partial charge in [-0.15, -0.1) is 0 Å². The molecule has 0 fully saturated rings. The van der Waals surface area contributed by atoms with Crippen LogP contribution in [-0.2, 0) is 4.74 Å². The molecule has 0 unspecified atom stereocenters. The summed E-state index contributed by atoms with van der Waals surface area (Å²) in [4.78, 5) is 0. The Labute approximate surface area is 115 Å². The van der Waals surface area contributed by atoms with Crippen molar-refractivity contribution in [3.05, 3.63) is 0 Å². The van der Waals surface area contributed by atoms with E-state index in [1.165, 1.54) is 38.5 Å². The van der Waals surface area contributed by atoms with Crippen LogP contribution in [0.4, 0.5) is 0 Å². The Bertz CT molecular complexity index is 58.9. The topological polar surface area (TPSA) is 9.23 Å². The van der Waals surface area contributed by atoms with Crippen molar-refractivity contribution < 1.29 is 4.74 Å². The first kappa shape index (κ1) is 15.9. The van der Waals surface area contributed by atoms with Crippen LogP contribution in [0.25, 0.3) is 0 Å². The summed E-state index contributed by atoms with van der Waals surface area (Å²) in [7, 11) is 0. The minimum absolute atomic E-state index is 0. The third-order valence-electron chi connectivity index (χ3n) is 1.78. The summed E-state index contributed by atoms with van der Waals surface area (Å²) in [5.74, 6) is 0. The quantitative estimate of drug-likeness (QED) is 0.472. The molecule has 2 radical (unpaired) electrons. The smallest absolute Gasteiger partial charge is 0.0466 e. The zero-order chi connectivity index (χ0) is 8.36. The van der Waals surface area contributed by atoms with E-state index in [2.05, 4.69) is 13.8 Å². The molecule has 12 heavy (non-hydrogen) atoms. The van der Waals surface area contributed by atoms with Gasteiger partial charge in [0, 0.05) is 58.7 Å². The van der Waals surface area contributed by atoms with Crippen LogP contribution in [-0.4, -0.2) is 58.7 Å². The van der Waals surface area contributed by atoms with Crippen LogP contribution in [0, 0.1) is 0 Å². The molecule has 0 bridgehead atoms. The molecule has 0 aromatic carbocycles. The summed E-state index contributed by atoms with van der Waals surface area (Å²) in [5.41, 5.74) is 0. The molecule has 0 aromatic heterocycles. The second-order valence-electron chi connectivity index (χ2n) is 3.03. The van der Waals surface area contributed by atoms with Gasteiger partial charge in [-0.25, -0.2) is 0 Å². The van der Waals surface area contributed by atoms with E-state index >= 15 is 0 Å². The van der Waals surface area contributed by atoms with Crippen LogP contribution in [0.5, 0.6) is 0 Å². The molecule has 0 aliphatic carbocycles. The standard InChI is InChI=1S/C10H22O.Sr/c1-3-5-7-9-11-10-8-6-4-2;/h3-10H2,1-2H3;. The fourth-order valence-corrected chi connectivity index (χ4v) is 1.01. The minimum atomic E-state index is 0. The molecule has 2 heteroatoms. The van der Waals surface area contributed by atoms with E-state index in [0.29, 0.717) is 0 Å². The second kappa shape index (κ2) is 14.9. The molecule has 0 aromatic rings. The number of ether oxygens (including phenoxy) is 1. The predicted molar refractivity (Wildman–Crippen MR) is 55.6 cm³/mol. The van der Waals surface area contributed by atoms with E-state index < -0.39 is 0 Å². The Morgan fingerprint density at radius 1 is 0.750 bits per heavy atom. The van der Waals surface area contributed by atoms with Crippen molar-refractivity contribution in [2.45, 2.75) is 52.4 Å². The Morgan fingerprint density at radius 3 is 1.50 bits per heavy atom. The summed E-state index contributed by atoms with van der Waals surface area (Å²) in [6.45, 7) is 6.38. The van der Waals surface area contributed by atoms with Crippen LogP contribution in [0.15, 0.2) is 0 Å². The maximum absolute atomic E-state index is 5.44. The van der Waals surface area contributed by atoms with Crippen molar-refractivity contribution in [2.24, 2.45) is 0 Å². The molecule has 0 atom stereocenters. The van der Waals surface area contributed by atoms with Crippen molar-refractivity contribution in [2.75, 3.05) is 13.2 Å². The summed E-state index contributed by atoms with van der Waals surface area (Å²) < 4.78 is 5.44. The van der Waals surface area contributed by atoms with Gasteiger partial charge in [0.2, 0.25) is 0 Å². The molecule has 70 valence electrons. The van der Waals surface area contributed by atoms with E-state index in [1.54, 1.807) is 0 Å². The van der Waals surface area contributed by atoms with Gasteiger partial charge in [-0.2, -0.15) is 0 Å². The molecule has 0 rings (SSSR count). The third kappa shape index (κ3) is 14.0. The number of unbranched alkanes of at least 4 members (excludes halogenated alkanes) is 4. The van der Waals surface area contributed by atoms with Crippen LogP contribution < -0.4 is 0 Å². The molecule has 0 spiro atoms. The third-order valence-corrected chi connectivity index (χ3v) is 1.78. The molecule has 1 nitrogen and oxygen atoms in total. The molecule has 0 saturated heterocycles. The minimum Gasteiger partial charge on any atom is -0.381 e. The van der Waals surface area contributed by atoms with Crippen LogP contribution in [0.3, 0.4) is 0 Å². The van der Waals surface area contributed by atoms with Gasteiger partial charge >= 0.3 is 0 Å². The summed E-state index contributed by atoms with van der Waals surface area (Å²) in [5, 5.41) is 0. The SMILES string of the molecule is CCCCCOCCCCC.[Sr]. The normalized spacial score (nSPS) is 9.50. The van der Waals surface area contributed by atoms with E-state index in [4.69, 9.17) is 4.74 Å². The first-order chi connectivity index (χ1) is 5.41. The maximum atomic E-state index is 5.44. The van der Waals surface area contributed by atoms with Crippen molar-refractivity contribution in [3.63, 3.8) is 0 Å². The van der Waals surface area contributed by atoms with Gasteiger partial charge < -0.3 is 4.74 Å². The van der Waals surface area contributed by atoms with Crippen molar-refractivity contribution >= 4 is 45.5 Å². The first-order valence-corrected chi connectivity index (χ1v) is 4.99. The monoisotopic (exact) mass is 246 g/mol. The van der Waals surface area contributed by atoms with E-state index in [9.17, 15) is 0 Å². The van der Waals surface area contributed by atoms with E-state index in [0.717, 1.165) is 13.2 Å². The van der Waals surface area contributed by atoms with Gasteiger partial charge in [0.25, 0.3) is 0 Å². The summed E-state index contributed by atoms with van der Waals surface area (Å²) >= 11 is 0. The Kier molecular flexibility index (Phi) is 19.8. The molecule has 0 aliphatic rings. The number of rotatable bonds is 8. The number of hydrogen-bond donors (Lipinski definition) is 0. The Hall–Kier alpha value is 1.44. The van der Waals surface area contributed by atoms with Crippen molar-refractivity contribution in [3.8, 4) is 0 Å². The average Bonchev–Trinajstić information content (AvgIpc) is 2.03. The zero-order valence-corrected chi connectivity index (χ0v) is 12.2. The predicted octanol–water partition coefficient (Wildman–Crippen LogP) is 3.00. The first-order valence-electron chi connectivity index (χ1n) is 4.99. The molecule has 0 N–H and O–H groups in total. The van der Waals surface area contributed by atoms with E-state index in [-0.39, 0.29) is 45.5 Å². The van der Waals surface area contributed by atoms with Crippen LogP contribution in [0.1, 0.15) is 52.4 Å². The molecule has 0 amide bonds. The van der Waals surface area contributed by atoms with Gasteiger partial charge in [-0.1, -0.05) is 39.5 Å². The van der Waals surface area contributed by atoms with Gasteiger partial charge in [0.05, 0.1) is 0 Å². The Balaban J connectivity index is 0. The van der Waals surface area contributed by atoms with E-state index in [1.807, 2.05) is 0 Å². The molecule has 0 heterocycles. The summed E-state index contributed by atoms with van der Waals surface area (Å²) in [6, 6.07) is 0. The zero-order valence-electron chi connectivity index (χ0n) is 8.77. The fraction of sp³-hybridized carbons (Fsp3) is 1.00. The van der Waals surface area contributed by atoms with Crippen molar-refractivity contribution in [1.82, 2.24) is 0 Å². The fourth-order valence-electron chi connectivity index (χ4n) is 1.01. The Morgan fingerprint density at radius 2 is 1.17 bits per heavy atom. The van der Waals surface area contributed by atoms with Gasteiger partial charge in [-0.3, -0.25) is 0 Å². The maximum Gasteiger partial charge on any atom is 0.0466 e. The van der Waals surface area contributed by atoms with Crippen LogP contribution >= 0.6 is 0 Å². The van der Waals surface area contributed by atoms with Gasteiger partial charge in [0.1, 0.15) is 0 Å². The molecule has 0 aliphatic heterocycles. The molecular weight excluding hydrogens is 224 g/mol.